The number of nitrogens with zero attached hydrogens (tertiary/aromatic N) is 4. The van der Waals surface area contributed by atoms with E-state index in [1.165, 1.54) is 48.5 Å². The summed E-state index contributed by atoms with van der Waals surface area (Å²) in [6, 6.07) is 18.3. The Morgan fingerprint density at radius 3 is 1.09 bits per heavy atom. The molecular formula is C34H22F6N6O6S2. The molecule has 6 rings (SSSR count). The molecule has 0 saturated heterocycles. The fraction of sp³-hybridized carbons (Fsp3) is 0.0588. The maximum absolute atomic E-state index is 14.3. The molecule has 0 spiro atoms. The second kappa shape index (κ2) is 13.5. The van der Waals surface area contributed by atoms with Gasteiger partial charge in [0.05, 0.1) is 45.3 Å². The number of alkyl halides is 6. The van der Waals surface area contributed by atoms with Gasteiger partial charge in [0.15, 0.2) is 0 Å². The monoisotopic (exact) mass is 788 g/mol. The first-order chi connectivity index (χ1) is 25.1. The van der Waals surface area contributed by atoms with Gasteiger partial charge < -0.3 is 11.5 Å². The topological polar surface area (TPSA) is 210 Å². The highest BCUT2D eigenvalue weighted by Crippen LogP contribution is 2.44. The number of halogens is 6. The van der Waals surface area contributed by atoms with Gasteiger partial charge >= 0.3 is 12.4 Å². The van der Waals surface area contributed by atoms with Gasteiger partial charge in [0, 0.05) is 21.5 Å². The van der Waals surface area contributed by atoms with Gasteiger partial charge in [-0.15, -0.1) is 20.5 Å². The van der Waals surface area contributed by atoms with Crippen LogP contribution in [-0.2, 0) is 32.6 Å². The van der Waals surface area contributed by atoms with Gasteiger partial charge in [-0.1, -0.05) is 60.7 Å². The summed E-state index contributed by atoms with van der Waals surface area (Å²) < 4.78 is 153. The number of anilines is 2. The number of hydrogen-bond acceptors (Lipinski definition) is 10. The lowest BCUT2D eigenvalue weighted by molar-refractivity contribution is -0.138. The van der Waals surface area contributed by atoms with Crippen molar-refractivity contribution in [2.45, 2.75) is 22.1 Å². The molecule has 6 N–H and O–H groups in total. The van der Waals surface area contributed by atoms with Crippen LogP contribution in [0.2, 0.25) is 0 Å². The van der Waals surface area contributed by atoms with Crippen LogP contribution in [0.4, 0.5) is 60.5 Å². The minimum Gasteiger partial charge on any atom is -0.397 e. The molecule has 0 aromatic heterocycles. The molecular weight excluding hydrogens is 767 g/mol. The first kappa shape index (κ1) is 37.8. The summed E-state index contributed by atoms with van der Waals surface area (Å²) in [6.45, 7) is 0. The van der Waals surface area contributed by atoms with Crippen molar-refractivity contribution < 1.29 is 52.3 Å². The molecule has 0 saturated carbocycles. The molecule has 12 nitrogen and oxygen atoms in total. The zero-order valence-electron chi connectivity index (χ0n) is 26.8. The number of azo groups is 2. The summed E-state index contributed by atoms with van der Waals surface area (Å²) in [6.07, 6.45) is -10.2. The Morgan fingerprint density at radius 1 is 0.463 bits per heavy atom. The summed E-state index contributed by atoms with van der Waals surface area (Å²) in [5, 5.41) is 15.6. The molecule has 0 heterocycles. The Labute approximate surface area is 301 Å². The van der Waals surface area contributed by atoms with Crippen LogP contribution < -0.4 is 11.5 Å². The van der Waals surface area contributed by atoms with Gasteiger partial charge in [-0.25, -0.2) is 0 Å². The van der Waals surface area contributed by atoms with Crippen molar-refractivity contribution in [3.8, 4) is 11.1 Å². The second-order valence-electron chi connectivity index (χ2n) is 11.5. The molecule has 0 fully saturated rings. The van der Waals surface area contributed by atoms with Crippen molar-refractivity contribution in [2.24, 2.45) is 20.5 Å². The average Bonchev–Trinajstić information content (AvgIpc) is 3.09. The quantitative estimate of drug-likeness (QED) is 0.0528. The Morgan fingerprint density at radius 2 is 0.778 bits per heavy atom. The van der Waals surface area contributed by atoms with Crippen LogP contribution in [0.25, 0.3) is 32.7 Å². The molecule has 0 radical (unpaired) electrons. The van der Waals surface area contributed by atoms with Gasteiger partial charge in [-0.05, 0) is 47.5 Å². The van der Waals surface area contributed by atoms with E-state index in [0.717, 1.165) is 36.4 Å². The molecule has 6 aromatic rings. The lowest BCUT2D eigenvalue weighted by Gasteiger charge is -2.14. The summed E-state index contributed by atoms with van der Waals surface area (Å²) in [7, 11) is -9.77. The van der Waals surface area contributed by atoms with Crippen molar-refractivity contribution in [1.82, 2.24) is 0 Å². The largest absolute Gasteiger partial charge is 0.418 e. The zero-order valence-corrected chi connectivity index (χ0v) is 28.4. The molecule has 0 aliphatic carbocycles. The number of rotatable bonds is 7. The third-order valence-electron chi connectivity index (χ3n) is 8.08. The highest BCUT2D eigenvalue weighted by atomic mass is 32.2. The molecule has 0 aliphatic heterocycles. The van der Waals surface area contributed by atoms with Gasteiger partial charge in [0.1, 0.15) is 9.79 Å². The molecule has 0 aliphatic rings. The van der Waals surface area contributed by atoms with Crippen LogP contribution in [0.3, 0.4) is 0 Å². The van der Waals surface area contributed by atoms with Crippen LogP contribution >= 0.6 is 0 Å². The summed E-state index contributed by atoms with van der Waals surface area (Å²) in [5.41, 5.74) is 5.62. The van der Waals surface area contributed by atoms with Gasteiger partial charge in [-0.2, -0.15) is 43.2 Å². The SMILES string of the molecule is Nc1c(S(=O)(=O)O)cc(N=Nc2ccc(-c3ccc(N=Nc4cc(S(=O)(=O)O)c(N)c5ccccc45)c(C(F)(F)F)c3)cc2C(F)(F)F)c2ccccc12. The van der Waals surface area contributed by atoms with Crippen molar-refractivity contribution in [3.05, 3.63) is 108 Å². The number of fused-ring (bicyclic) bond motifs is 2. The highest BCUT2D eigenvalue weighted by molar-refractivity contribution is 7.86. The Bertz CT molecular complexity index is 2600. The third kappa shape index (κ3) is 7.44. The summed E-state index contributed by atoms with van der Waals surface area (Å²) >= 11 is 0. The lowest BCUT2D eigenvalue weighted by atomic mass is 9.99. The first-order valence-corrected chi connectivity index (χ1v) is 17.9. The molecule has 54 heavy (non-hydrogen) atoms. The van der Waals surface area contributed by atoms with E-state index in [4.69, 9.17) is 11.5 Å². The summed E-state index contributed by atoms with van der Waals surface area (Å²) in [4.78, 5) is -1.51. The minimum absolute atomic E-state index is 0.112. The van der Waals surface area contributed by atoms with E-state index in [0.29, 0.717) is 12.1 Å². The predicted molar refractivity (Wildman–Crippen MR) is 187 cm³/mol. The fourth-order valence-electron chi connectivity index (χ4n) is 5.57. The Balaban J connectivity index is 1.43. The maximum Gasteiger partial charge on any atom is 0.418 e. The van der Waals surface area contributed by atoms with Crippen molar-refractivity contribution >= 4 is 75.9 Å². The molecule has 0 bridgehead atoms. The summed E-state index contributed by atoms with van der Waals surface area (Å²) in [5.74, 6) is 0. The highest BCUT2D eigenvalue weighted by Gasteiger charge is 2.36. The van der Waals surface area contributed by atoms with E-state index in [-0.39, 0.29) is 55.4 Å². The van der Waals surface area contributed by atoms with Crippen LogP contribution in [0, 0.1) is 0 Å². The van der Waals surface area contributed by atoms with E-state index in [9.17, 15) is 52.3 Å². The predicted octanol–water partition coefficient (Wildman–Crippen LogP) is 10.2. The third-order valence-corrected chi connectivity index (χ3v) is 9.86. The van der Waals surface area contributed by atoms with Gasteiger partial charge in [0.25, 0.3) is 20.2 Å². The molecule has 0 unspecified atom stereocenters. The number of hydrogen-bond donors (Lipinski definition) is 4. The van der Waals surface area contributed by atoms with E-state index in [1.807, 2.05) is 0 Å². The number of nitrogens with two attached hydrogens (primary N) is 2. The van der Waals surface area contributed by atoms with Gasteiger partial charge in [-0.3, -0.25) is 9.11 Å². The van der Waals surface area contributed by atoms with Crippen molar-refractivity contribution in [3.63, 3.8) is 0 Å². The minimum atomic E-state index is -5.10. The van der Waals surface area contributed by atoms with E-state index >= 15 is 0 Å². The van der Waals surface area contributed by atoms with E-state index in [2.05, 4.69) is 20.5 Å². The lowest BCUT2D eigenvalue weighted by Crippen LogP contribution is -2.07. The molecule has 6 aromatic carbocycles. The second-order valence-corrected chi connectivity index (χ2v) is 14.3. The van der Waals surface area contributed by atoms with Crippen LogP contribution in [-0.4, -0.2) is 25.9 Å². The molecule has 20 heteroatoms. The average molecular weight is 789 g/mol. The van der Waals surface area contributed by atoms with Crippen molar-refractivity contribution in [2.75, 3.05) is 11.5 Å². The molecule has 278 valence electrons. The molecule has 0 atom stereocenters. The number of nitrogen functional groups attached to an aromatic ring is 2. The van der Waals surface area contributed by atoms with Crippen LogP contribution in [0.5, 0.6) is 0 Å². The first-order valence-electron chi connectivity index (χ1n) is 15.0. The van der Waals surface area contributed by atoms with Gasteiger partial charge in [0.2, 0.25) is 0 Å². The van der Waals surface area contributed by atoms with Crippen molar-refractivity contribution in [1.29, 1.82) is 0 Å². The molecule has 0 amide bonds. The Hall–Kier alpha value is -5.96. The maximum atomic E-state index is 14.3. The number of benzene rings is 6. The standard InChI is InChI=1S/C34H22F6N6O6S2/c35-33(36,37)23-13-17(9-11-25(23)43-45-27-15-29(53(47,48)49)31(41)21-7-3-1-5-19(21)27)18-10-12-26(24(14-18)34(38,39)40)44-46-28-16-30(54(50,51)52)32(42)22-8-4-2-6-20(22)28/h1-16H,41-42H2,(H,47,48,49)(H,50,51,52). The zero-order chi connectivity index (χ0) is 39.4. The smallest absolute Gasteiger partial charge is 0.397 e. The van der Waals surface area contributed by atoms with E-state index in [1.54, 1.807) is 0 Å². The fourth-order valence-corrected chi connectivity index (χ4v) is 6.87. The normalized spacial score (nSPS) is 13.1. The van der Waals surface area contributed by atoms with E-state index < -0.39 is 64.9 Å². The van der Waals surface area contributed by atoms with Crippen LogP contribution in [0.1, 0.15) is 11.1 Å². The Kier molecular flexibility index (Phi) is 9.42. The van der Waals surface area contributed by atoms with Crippen LogP contribution in [0.15, 0.2) is 127 Å².